The predicted molar refractivity (Wildman–Crippen MR) is 129 cm³/mol. The fourth-order valence-corrected chi connectivity index (χ4v) is 9.52. The fourth-order valence-electron chi connectivity index (χ4n) is 9.52. The zero-order chi connectivity index (χ0) is 23.1. The van der Waals surface area contributed by atoms with Crippen LogP contribution in [-0.4, -0.2) is 33.6 Å². The Morgan fingerprint density at radius 3 is 2.50 bits per heavy atom. The maximum atomic E-state index is 12.3. The number of hydrogen-bond acceptors (Lipinski definition) is 3. The molecular weight excluding hydrogens is 396 g/mol. The third kappa shape index (κ3) is 2.95. The summed E-state index contributed by atoms with van der Waals surface area (Å²) in [4.78, 5) is 0. The van der Waals surface area contributed by atoms with Crippen LogP contribution in [0.4, 0.5) is 0 Å². The minimum absolute atomic E-state index is 0.105. The van der Waals surface area contributed by atoms with E-state index in [1.54, 1.807) is 0 Å². The fraction of sp³-hybridized carbons (Fsp3) is 0.931. The standard InChI is InChI=1S/C29H48O3/c1-7-20(18(2)3)9-8-19(4)22-10-11-23-24-16-25-29(32-25)17-21(30)12-13-27(29,6)28(24,31)15-14-26(22,23)5/h16,18-23,25,30-31H,7-15,17H2,1-6H3. The molecule has 1 saturated heterocycles. The van der Waals surface area contributed by atoms with Gasteiger partial charge in [-0.05, 0) is 85.5 Å². The quantitative estimate of drug-likeness (QED) is 0.375. The van der Waals surface area contributed by atoms with Gasteiger partial charge in [0.2, 0.25) is 0 Å². The molecule has 0 radical (unpaired) electrons. The molecule has 32 heavy (non-hydrogen) atoms. The van der Waals surface area contributed by atoms with Crippen molar-refractivity contribution in [3.63, 3.8) is 0 Å². The Morgan fingerprint density at radius 2 is 1.81 bits per heavy atom. The Balaban J connectivity index is 1.39. The Hall–Kier alpha value is -0.380. The number of epoxide rings is 1. The maximum absolute atomic E-state index is 12.3. The molecule has 0 aromatic rings. The Morgan fingerprint density at radius 1 is 1.06 bits per heavy atom. The molecule has 10 unspecified atom stereocenters. The van der Waals surface area contributed by atoms with Crippen LogP contribution >= 0.6 is 0 Å². The normalized spacial score (nSPS) is 51.2. The first kappa shape index (κ1) is 23.4. The molecule has 3 nitrogen and oxygen atoms in total. The SMILES string of the molecule is CCC(CCC(C)C1CCC2C3=CC4OC45CC(O)CCC5(C)C3(O)CCC21C)C(C)C. The van der Waals surface area contributed by atoms with Gasteiger partial charge in [-0.3, -0.25) is 0 Å². The van der Waals surface area contributed by atoms with Crippen LogP contribution in [0, 0.1) is 40.4 Å². The summed E-state index contributed by atoms with van der Waals surface area (Å²) < 4.78 is 6.36. The summed E-state index contributed by atoms with van der Waals surface area (Å²) in [6.45, 7) is 14.5. The van der Waals surface area contributed by atoms with E-state index in [9.17, 15) is 10.2 Å². The third-order valence-corrected chi connectivity index (χ3v) is 11.9. The Bertz CT molecular complexity index is 774. The predicted octanol–water partition coefficient (Wildman–Crippen LogP) is 6.27. The summed E-state index contributed by atoms with van der Waals surface area (Å²) in [5.74, 6) is 3.64. The highest BCUT2D eigenvalue weighted by Gasteiger charge is 2.78. The molecule has 0 bridgehead atoms. The van der Waals surface area contributed by atoms with Crippen LogP contribution in [0.25, 0.3) is 0 Å². The van der Waals surface area contributed by atoms with Crippen molar-refractivity contribution in [2.24, 2.45) is 40.4 Å². The van der Waals surface area contributed by atoms with Crippen molar-refractivity contribution in [2.75, 3.05) is 0 Å². The second-order valence-corrected chi connectivity index (χ2v) is 13.3. The summed E-state index contributed by atoms with van der Waals surface area (Å²) in [6, 6.07) is 0. The first-order chi connectivity index (χ1) is 15.0. The van der Waals surface area contributed by atoms with Crippen LogP contribution in [0.1, 0.15) is 106 Å². The number of fused-ring (bicyclic) bond motifs is 4. The van der Waals surface area contributed by atoms with Gasteiger partial charge >= 0.3 is 0 Å². The molecule has 5 rings (SSSR count). The lowest BCUT2D eigenvalue weighted by molar-refractivity contribution is -0.157. The van der Waals surface area contributed by atoms with Crippen molar-refractivity contribution in [3.05, 3.63) is 11.6 Å². The summed E-state index contributed by atoms with van der Waals surface area (Å²) in [5, 5.41) is 22.7. The molecule has 3 heteroatoms. The second kappa shape index (κ2) is 7.56. The lowest BCUT2D eigenvalue weighted by atomic mass is 9.45. The second-order valence-electron chi connectivity index (χ2n) is 13.3. The zero-order valence-electron chi connectivity index (χ0n) is 21.5. The van der Waals surface area contributed by atoms with Gasteiger partial charge < -0.3 is 14.9 Å². The van der Waals surface area contributed by atoms with Crippen molar-refractivity contribution in [2.45, 2.75) is 129 Å². The molecule has 1 heterocycles. The molecule has 0 amide bonds. The Kier molecular flexibility index (Phi) is 5.52. The van der Waals surface area contributed by atoms with Crippen LogP contribution in [0.5, 0.6) is 0 Å². The number of aliphatic hydroxyl groups is 2. The molecule has 0 aromatic carbocycles. The summed E-state index contributed by atoms with van der Waals surface area (Å²) in [6.07, 6.45) is 13.0. The van der Waals surface area contributed by atoms with Crippen molar-refractivity contribution in [1.82, 2.24) is 0 Å². The van der Waals surface area contributed by atoms with Crippen LogP contribution in [0.3, 0.4) is 0 Å². The van der Waals surface area contributed by atoms with E-state index in [-0.39, 0.29) is 23.2 Å². The van der Waals surface area contributed by atoms with Crippen molar-refractivity contribution < 1.29 is 14.9 Å². The van der Waals surface area contributed by atoms with Gasteiger partial charge in [-0.15, -0.1) is 0 Å². The van der Waals surface area contributed by atoms with E-state index in [1.165, 1.54) is 37.7 Å². The van der Waals surface area contributed by atoms with Gasteiger partial charge in [-0.25, -0.2) is 0 Å². The van der Waals surface area contributed by atoms with Crippen LogP contribution in [0.2, 0.25) is 0 Å². The van der Waals surface area contributed by atoms with E-state index >= 15 is 0 Å². The largest absolute Gasteiger partial charge is 0.393 e. The first-order valence-electron chi connectivity index (χ1n) is 13.8. The van der Waals surface area contributed by atoms with Gasteiger partial charge in [0, 0.05) is 11.8 Å². The topological polar surface area (TPSA) is 53.0 Å². The molecule has 182 valence electrons. The molecular formula is C29H48O3. The lowest BCUT2D eigenvalue weighted by Crippen LogP contribution is -2.65. The molecule has 5 aliphatic rings. The van der Waals surface area contributed by atoms with Crippen molar-refractivity contribution >= 4 is 0 Å². The van der Waals surface area contributed by atoms with E-state index in [0.717, 1.165) is 49.4 Å². The van der Waals surface area contributed by atoms with Gasteiger partial charge in [-0.1, -0.05) is 60.5 Å². The van der Waals surface area contributed by atoms with E-state index in [0.29, 0.717) is 17.8 Å². The maximum Gasteiger partial charge on any atom is 0.110 e. The highest BCUT2D eigenvalue weighted by molar-refractivity contribution is 5.44. The van der Waals surface area contributed by atoms with Gasteiger partial charge in [0.15, 0.2) is 0 Å². The Labute approximate surface area is 196 Å². The molecule has 2 N–H and O–H groups in total. The van der Waals surface area contributed by atoms with E-state index in [1.807, 2.05) is 0 Å². The van der Waals surface area contributed by atoms with Crippen LogP contribution in [0.15, 0.2) is 11.6 Å². The molecule has 1 spiro atoms. The molecule has 10 atom stereocenters. The van der Waals surface area contributed by atoms with E-state index in [2.05, 4.69) is 47.6 Å². The van der Waals surface area contributed by atoms with Gasteiger partial charge in [-0.2, -0.15) is 0 Å². The molecule has 4 fully saturated rings. The average Bonchev–Trinajstić information content (AvgIpc) is 3.31. The monoisotopic (exact) mass is 444 g/mol. The minimum Gasteiger partial charge on any atom is -0.393 e. The first-order valence-corrected chi connectivity index (χ1v) is 13.8. The smallest absolute Gasteiger partial charge is 0.110 e. The highest BCUT2D eigenvalue weighted by atomic mass is 16.6. The van der Waals surface area contributed by atoms with Crippen molar-refractivity contribution in [1.29, 1.82) is 0 Å². The van der Waals surface area contributed by atoms with Crippen LogP contribution in [-0.2, 0) is 4.74 Å². The average molecular weight is 445 g/mol. The number of hydrogen-bond donors (Lipinski definition) is 2. The van der Waals surface area contributed by atoms with E-state index < -0.39 is 5.60 Å². The summed E-state index contributed by atoms with van der Waals surface area (Å²) in [7, 11) is 0. The minimum atomic E-state index is -0.757. The van der Waals surface area contributed by atoms with Crippen LogP contribution < -0.4 is 0 Å². The third-order valence-electron chi connectivity index (χ3n) is 11.9. The molecule has 0 aromatic heterocycles. The van der Waals surface area contributed by atoms with Gasteiger partial charge in [0.25, 0.3) is 0 Å². The highest BCUT2D eigenvalue weighted by Crippen LogP contribution is 2.73. The molecule has 3 saturated carbocycles. The summed E-state index contributed by atoms with van der Waals surface area (Å²) in [5.41, 5.74) is 0.286. The lowest BCUT2D eigenvalue weighted by Gasteiger charge is -2.60. The molecule has 4 aliphatic carbocycles. The van der Waals surface area contributed by atoms with Crippen molar-refractivity contribution in [3.8, 4) is 0 Å². The molecule has 1 aliphatic heterocycles. The zero-order valence-corrected chi connectivity index (χ0v) is 21.5. The van der Waals surface area contributed by atoms with Gasteiger partial charge in [0.05, 0.1) is 11.7 Å². The van der Waals surface area contributed by atoms with E-state index in [4.69, 9.17) is 4.74 Å². The number of rotatable bonds is 6. The number of aliphatic hydroxyl groups excluding tert-OH is 1. The summed E-state index contributed by atoms with van der Waals surface area (Å²) >= 11 is 0. The number of ether oxygens (including phenoxy) is 1. The van der Waals surface area contributed by atoms with Gasteiger partial charge in [0.1, 0.15) is 11.7 Å².